The second kappa shape index (κ2) is 9.33. The van der Waals surface area contributed by atoms with E-state index >= 15 is 0 Å². The van der Waals surface area contributed by atoms with Crippen LogP contribution in [0.5, 0.6) is 0 Å². The Bertz CT molecular complexity index is 665. The molecule has 0 bridgehead atoms. The number of morpholine rings is 1. The fraction of sp³-hybridized carbons (Fsp3) is 0.619. The van der Waals surface area contributed by atoms with Crippen molar-refractivity contribution in [3.05, 3.63) is 29.3 Å². The lowest BCUT2D eigenvalue weighted by Crippen LogP contribution is -2.41. The van der Waals surface area contributed by atoms with Gasteiger partial charge in [-0.3, -0.25) is 9.59 Å². The maximum Gasteiger partial charge on any atom is 0.254 e. The van der Waals surface area contributed by atoms with Crippen LogP contribution < -0.4 is 10.6 Å². The first kappa shape index (κ1) is 19.8. The van der Waals surface area contributed by atoms with Gasteiger partial charge in [0.2, 0.25) is 5.91 Å². The molecule has 0 saturated carbocycles. The third-order valence-corrected chi connectivity index (χ3v) is 5.83. The smallest absolute Gasteiger partial charge is 0.254 e. The Balaban J connectivity index is 1.62. The first-order valence-corrected chi connectivity index (χ1v) is 10.0. The molecule has 2 aliphatic heterocycles. The molecule has 0 aromatic heterocycles. The van der Waals surface area contributed by atoms with E-state index in [1.54, 1.807) is 0 Å². The van der Waals surface area contributed by atoms with E-state index in [-0.39, 0.29) is 11.8 Å². The highest BCUT2D eigenvalue weighted by atomic mass is 16.5. The highest BCUT2D eigenvalue weighted by Gasteiger charge is 2.24. The van der Waals surface area contributed by atoms with E-state index in [1.807, 2.05) is 30.0 Å². The molecule has 2 amide bonds. The summed E-state index contributed by atoms with van der Waals surface area (Å²) in [7, 11) is 0. The third kappa shape index (κ3) is 5.08. The molecule has 2 N–H and O–H groups in total. The Morgan fingerprint density at radius 1 is 1.26 bits per heavy atom. The highest BCUT2D eigenvalue weighted by Crippen LogP contribution is 2.26. The van der Waals surface area contributed by atoms with Crippen LogP contribution in [0.15, 0.2) is 18.2 Å². The van der Waals surface area contributed by atoms with Gasteiger partial charge in [0.25, 0.3) is 5.91 Å². The number of carbonyl (C=O) groups excluding carboxylic acids is 2. The average Bonchev–Trinajstić information content (AvgIpc) is 2.70. The van der Waals surface area contributed by atoms with E-state index in [0.29, 0.717) is 50.1 Å². The molecule has 0 aliphatic carbocycles. The lowest BCUT2D eigenvalue weighted by molar-refractivity contribution is -0.117. The van der Waals surface area contributed by atoms with Gasteiger partial charge in [-0.05, 0) is 62.4 Å². The van der Waals surface area contributed by atoms with Gasteiger partial charge in [0.1, 0.15) is 0 Å². The number of carbonyl (C=O) groups is 2. The summed E-state index contributed by atoms with van der Waals surface area (Å²) in [5, 5.41) is 6.40. The van der Waals surface area contributed by atoms with Crippen molar-refractivity contribution >= 4 is 17.5 Å². The molecule has 6 nitrogen and oxygen atoms in total. The fourth-order valence-corrected chi connectivity index (χ4v) is 4.01. The van der Waals surface area contributed by atoms with Gasteiger partial charge < -0.3 is 20.3 Å². The first-order chi connectivity index (χ1) is 13.1. The molecule has 2 saturated heterocycles. The lowest BCUT2D eigenvalue weighted by Gasteiger charge is -2.28. The summed E-state index contributed by atoms with van der Waals surface area (Å²) >= 11 is 0. The molecule has 6 heteroatoms. The standard InChI is InChI=1S/C21H31N3O3/c1-15(17-6-8-22-9-7-17)14-20(25)23-19-5-3-4-18(16(19)2)21(26)24-10-12-27-13-11-24/h3-5,15,17,22H,6-14H2,1-2H3,(H,23,25). The van der Waals surface area contributed by atoms with Crippen molar-refractivity contribution < 1.29 is 14.3 Å². The van der Waals surface area contributed by atoms with E-state index < -0.39 is 0 Å². The number of hydrogen-bond donors (Lipinski definition) is 2. The molecule has 27 heavy (non-hydrogen) atoms. The molecule has 1 unspecified atom stereocenters. The predicted octanol–water partition coefficient (Wildman–Crippen LogP) is 2.43. The number of anilines is 1. The number of rotatable bonds is 5. The molecule has 3 rings (SSSR count). The topological polar surface area (TPSA) is 70.7 Å². The number of amides is 2. The zero-order valence-corrected chi connectivity index (χ0v) is 16.4. The molecular formula is C21H31N3O3. The van der Waals surface area contributed by atoms with Gasteiger partial charge >= 0.3 is 0 Å². The molecule has 2 aliphatic rings. The zero-order valence-electron chi connectivity index (χ0n) is 16.4. The minimum absolute atomic E-state index is 0.00923. The van der Waals surface area contributed by atoms with Crippen LogP contribution in [0.1, 0.15) is 42.1 Å². The van der Waals surface area contributed by atoms with Crippen molar-refractivity contribution in [1.82, 2.24) is 10.2 Å². The minimum atomic E-state index is 0.00923. The van der Waals surface area contributed by atoms with Crippen LogP contribution in [-0.4, -0.2) is 56.1 Å². The van der Waals surface area contributed by atoms with Crippen LogP contribution in [0, 0.1) is 18.8 Å². The zero-order chi connectivity index (χ0) is 19.2. The predicted molar refractivity (Wildman–Crippen MR) is 106 cm³/mol. The Labute approximate surface area is 161 Å². The third-order valence-electron chi connectivity index (χ3n) is 5.83. The Hall–Kier alpha value is -1.92. The summed E-state index contributed by atoms with van der Waals surface area (Å²) in [6.45, 7) is 8.54. The number of nitrogens with zero attached hydrogens (tertiary/aromatic N) is 1. The quantitative estimate of drug-likeness (QED) is 0.832. The van der Waals surface area contributed by atoms with E-state index in [9.17, 15) is 9.59 Å². The normalized spacial score (nSPS) is 19.6. The van der Waals surface area contributed by atoms with Crippen LogP contribution in [0.2, 0.25) is 0 Å². The molecule has 0 radical (unpaired) electrons. The van der Waals surface area contributed by atoms with Crippen LogP contribution in [0.25, 0.3) is 0 Å². The van der Waals surface area contributed by atoms with Crippen LogP contribution >= 0.6 is 0 Å². The molecule has 1 atom stereocenters. The molecular weight excluding hydrogens is 342 g/mol. The summed E-state index contributed by atoms with van der Waals surface area (Å²) in [5.74, 6) is 1.01. The lowest BCUT2D eigenvalue weighted by atomic mass is 9.84. The number of piperidine rings is 1. The summed E-state index contributed by atoms with van der Waals surface area (Å²) in [6.07, 6.45) is 2.79. The molecule has 2 heterocycles. The van der Waals surface area contributed by atoms with Crippen LogP contribution in [0.3, 0.4) is 0 Å². The highest BCUT2D eigenvalue weighted by molar-refractivity contribution is 5.99. The molecule has 148 valence electrons. The number of hydrogen-bond acceptors (Lipinski definition) is 4. The maximum atomic E-state index is 12.8. The summed E-state index contributed by atoms with van der Waals surface area (Å²) in [6, 6.07) is 5.55. The van der Waals surface area contributed by atoms with E-state index in [0.717, 1.165) is 37.2 Å². The van der Waals surface area contributed by atoms with Crippen molar-refractivity contribution in [2.45, 2.75) is 33.1 Å². The Morgan fingerprint density at radius 2 is 1.96 bits per heavy atom. The second-order valence-electron chi connectivity index (χ2n) is 7.70. The van der Waals surface area contributed by atoms with E-state index in [4.69, 9.17) is 4.74 Å². The first-order valence-electron chi connectivity index (χ1n) is 10.0. The van der Waals surface area contributed by atoms with Crippen LogP contribution in [0.4, 0.5) is 5.69 Å². The van der Waals surface area contributed by atoms with Gasteiger partial charge in [0, 0.05) is 30.8 Å². The Morgan fingerprint density at radius 3 is 2.67 bits per heavy atom. The average molecular weight is 373 g/mol. The fourth-order valence-electron chi connectivity index (χ4n) is 4.01. The van der Waals surface area contributed by atoms with Gasteiger partial charge in [-0.25, -0.2) is 0 Å². The monoisotopic (exact) mass is 373 g/mol. The SMILES string of the molecule is Cc1c(NC(=O)CC(C)C2CCNCC2)cccc1C(=O)N1CCOCC1. The molecule has 2 fully saturated rings. The van der Waals surface area contributed by atoms with Crippen LogP contribution in [-0.2, 0) is 9.53 Å². The summed E-state index contributed by atoms with van der Waals surface area (Å²) < 4.78 is 5.32. The molecule has 0 spiro atoms. The van der Waals surface area contributed by atoms with Crippen molar-refractivity contribution in [1.29, 1.82) is 0 Å². The van der Waals surface area contributed by atoms with Crippen molar-refractivity contribution in [3.63, 3.8) is 0 Å². The van der Waals surface area contributed by atoms with Gasteiger partial charge in [0.05, 0.1) is 13.2 Å². The summed E-state index contributed by atoms with van der Waals surface area (Å²) in [4.78, 5) is 27.2. The number of ether oxygens (including phenoxy) is 1. The number of nitrogens with one attached hydrogen (secondary N) is 2. The van der Waals surface area contributed by atoms with Crippen molar-refractivity contribution in [3.8, 4) is 0 Å². The maximum absolute atomic E-state index is 12.8. The second-order valence-corrected chi connectivity index (χ2v) is 7.70. The van der Waals surface area contributed by atoms with E-state index in [2.05, 4.69) is 17.6 Å². The van der Waals surface area contributed by atoms with Gasteiger partial charge in [-0.2, -0.15) is 0 Å². The van der Waals surface area contributed by atoms with E-state index in [1.165, 1.54) is 0 Å². The minimum Gasteiger partial charge on any atom is -0.378 e. The van der Waals surface area contributed by atoms with Gasteiger partial charge in [0.15, 0.2) is 0 Å². The number of benzene rings is 1. The van der Waals surface area contributed by atoms with Gasteiger partial charge in [-0.1, -0.05) is 13.0 Å². The Kier molecular flexibility index (Phi) is 6.85. The summed E-state index contributed by atoms with van der Waals surface area (Å²) in [5.41, 5.74) is 2.22. The van der Waals surface area contributed by atoms with Crippen molar-refractivity contribution in [2.75, 3.05) is 44.7 Å². The largest absolute Gasteiger partial charge is 0.378 e. The molecule has 1 aromatic carbocycles. The van der Waals surface area contributed by atoms with Crippen molar-refractivity contribution in [2.24, 2.45) is 11.8 Å². The van der Waals surface area contributed by atoms with Gasteiger partial charge in [-0.15, -0.1) is 0 Å². The molecule has 1 aromatic rings.